The standard InChI is InChI=1S/C20H21N3O2/c1-14-11-23(18(13-25-14)15-7-3-2-4-8-15)12-19-21-17-10-6-5-9-16(17)20(24)22-19/h2-10,14,18H,11-13H2,1H3,(H,21,22,24)/t14-,18-/m1/s1. The number of aromatic nitrogens is 2. The molecule has 128 valence electrons. The number of hydrogen-bond donors (Lipinski definition) is 1. The first-order chi connectivity index (χ1) is 12.2. The van der Waals surface area contributed by atoms with Crippen LogP contribution in [-0.2, 0) is 11.3 Å². The zero-order chi connectivity index (χ0) is 17.2. The average molecular weight is 335 g/mol. The van der Waals surface area contributed by atoms with Crippen molar-refractivity contribution in [1.29, 1.82) is 0 Å². The van der Waals surface area contributed by atoms with E-state index in [0.29, 0.717) is 24.4 Å². The van der Waals surface area contributed by atoms with Crippen LogP contribution in [0, 0.1) is 0 Å². The van der Waals surface area contributed by atoms with Crippen LogP contribution < -0.4 is 5.56 Å². The van der Waals surface area contributed by atoms with Crippen LogP contribution in [0.15, 0.2) is 59.4 Å². The summed E-state index contributed by atoms with van der Waals surface area (Å²) in [6.07, 6.45) is 0.159. The van der Waals surface area contributed by atoms with Crippen LogP contribution in [0.3, 0.4) is 0 Å². The quantitative estimate of drug-likeness (QED) is 0.799. The van der Waals surface area contributed by atoms with E-state index in [1.54, 1.807) is 6.07 Å². The molecule has 25 heavy (non-hydrogen) atoms. The number of aromatic amines is 1. The number of nitrogens with zero attached hydrogens (tertiary/aromatic N) is 2. The number of para-hydroxylation sites is 1. The Hall–Kier alpha value is -2.50. The number of nitrogens with one attached hydrogen (secondary N) is 1. The maximum atomic E-state index is 12.3. The van der Waals surface area contributed by atoms with Crippen LogP contribution in [0.4, 0.5) is 0 Å². The molecule has 0 radical (unpaired) electrons. The van der Waals surface area contributed by atoms with Gasteiger partial charge in [-0.15, -0.1) is 0 Å². The van der Waals surface area contributed by atoms with Crippen molar-refractivity contribution in [3.05, 3.63) is 76.3 Å². The number of rotatable bonds is 3. The summed E-state index contributed by atoms with van der Waals surface area (Å²) in [4.78, 5) is 22.2. The fourth-order valence-corrected chi connectivity index (χ4v) is 3.43. The Bertz CT molecular complexity index is 923. The Balaban J connectivity index is 1.66. The van der Waals surface area contributed by atoms with Crippen molar-refractivity contribution in [3.8, 4) is 0 Å². The lowest BCUT2D eigenvalue weighted by atomic mass is 10.0. The van der Waals surface area contributed by atoms with Gasteiger partial charge in [-0.05, 0) is 24.6 Å². The lowest BCUT2D eigenvalue weighted by molar-refractivity contribution is -0.0606. The highest BCUT2D eigenvalue weighted by Gasteiger charge is 2.28. The van der Waals surface area contributed by atoms with Crippen molar-refractivity contribution in [2.24, 2.45) is 0 Å². The molecule has 2 atom stereocenters. The molecule has 5 nitrogen and oxygen atoms in total. The Morgan fingerprint density at radius 3 is 2.76 bits per heavy atom. The predicted molar refractivity (Wildman–Crippen MR) is 97.4 cm³/mol. The smallest absolute Gasteiger partial charge is 0.258 e. The van der Waals surface area contributed by atoms with Gasteiger partial charge in [0.2, 0.25) is 0 Å². The van der Waals surface area contributed by atoms with E-state index in [0.717, 1.165) is 12.1 Å². The topological polar surface area (TPSA) is 58.2 Å². The lowest BCUT2D eigenvalue weighted by Gasteiger charge is -2.38. The van der Waals surface area contributed by atoms with Crippen molar-refractivity contribution in [2.45, 2.75) is 25.6 Å². The van der Waals surface area contributed by atoms with Gasteiger partial charge in [0.1, 0.15) is 5.82 Å². The van der Waals surface area contributed by atoms with Crippen molar-refractivity contribution in [1.82, 2.24) is 14.9 Å². The van der Waals surface area contributed by atoms with Gasteiger partial charge in [0.15, 0.2) is 0 Å². The third-order valence-corrected chi connectivity index (χ3v) is 4.67. The van der Waals surface area contributed by atoms with Crippen molar-refractivity contribution in [2.75, 3.05) is 13.2 Å². The summed E-state index contributed by atoms with van der Waals surface area (Å²) in [6.45, 7) is 4.11. The SMILES string of the molecule is C[C@@H]1CN(Cc2nc3ccccc3c(=O)[nH]2)[C@@H](c2ccccc2)CO1. The zero-order valence-corrected chi connectivity index (χ0v) is 14.2. The van der Waals surface area contributed by atoms with E-state index >= 15 is 0 Å². The minimum atomic E-state index is -0.0850. The minimum Gasteiger partial charge on any atom is -0.375 e. The maximum Gasteiger partial charge on any atom is 0.258 e. The van der Waals surface area contributed by atoms with Crippen LogP contribution in [0.1, 0.15) is 24.4 Å². The highest BCUT2D eigenvalue weighted by atomic mass is 16.5. The molecular weight excluding hydrogens is 314 g/mol. The number of morpholine rings is 1. The van der Waals surface area contributed by atoms with Crippen molar-refractivity contribution in [3.63, 3.8) is 0 Å². The first-order valence-corrected chi connectivity index (χ1v) is 8.59. The Morgan fingerprint density at radius 1 is 1.16 bits per heavy atom. The summed E-state index contributed by atoms with van der Waals surface area (Å²) >= 11 is 0. The number of benzene rings is 2. The van der Waals surface area contributed by atoms with E-state index < -0.39 is 0 Å². The molecule has 0 amide bonds. The second-order valence-electron chi connectivity index (χ2n) is 6.53. The Kier molecular flexibility index (Phi) is 4.34. The maximum absolute atomic E-state index is 12.3. The third-order valence-electron chi connectivity index (χ3n) is 4.67. The third kappa shape index (κ3) is 3.34. The molecule has 1 N–H and O–H groups in total. The summed E-state index contributed by atoms with van der Waals surface area (Å²) in [5.74, 6) is 0.693. The molecule has 5 heteroatoms. The summed E-state index contributed by atoms with van der Waals surface area (Å²) in [7, 11) is 0. The van der Waals surface area contributed by atoms with Gasteiger partial charge < -0.3 is 9.72 Å². The molecule has 1 aromatic heterocycles. The minimum absolute atomic E-state index is 0.0850. The molecule has 4 rings (SSSR count). The molecule has 2 heterocycles. The molecule has 0 unspecified atom stereocenters. The molecule has 0 saturated carbocycles. The summed E-state index contributed by atoms with van der Waals surface area (Å²) < 4.78 is 5.87. The molecule has 0 aliphatic carbocycles. The summed E-state index contributed by atoms with van der Waals surface area (Å²) in [5.41, 5.74) is 1.87. The second-order valence-corrected chi connectivity index (χ2v) is 6.53. The largest absolute Gasteiger partial charge is 0.375 e. The van der Waals surface area contributed by atoms with Gasteiger partial charge in [-0.2, -0.15) is 0 Å². The number of H-pyrrole nitrogens is 1. The van der Waals surface area contributed by atoms with Gasteiger partial charge in [-0.25, -0.2) is 4.98 Å². The first kappa shape index (κ1) is 16.0. The van der Waals surface area contributed by atoms with E-state index in [9.17, 15) is 4.79 Å². The average Bonchev–Trinajstić information content (AvgIpc) is 2.63. The lowest BCUT2D eigenvalue weighted by Crippen LogP contribution is -2.43. The fraction of sp³-hybridized carbons (Fsp3) is 0.300. The van der Waals surface area contributed by atoms with Gasteiger partial charge in [0.05, 0.1) is 36.2 Å². The Labute approximate surface area is 146 Å². The molecule has 2 aromatic carbocycles. The normalized spacial score (nSPS) is 21.5. The van der Waals surface area contributed by atoms with E-state index in [1.165, 1.54) is 5.56 Å². The van der Waals surface area contributed by atoms with E-state index in [-0.39, 0.29) is 17.7 Å². The van der Waals surface area contributed by atoms with Gasteiger partial charge >= 0.3 is 0 Å². The second kappa shape index (κ2) is 6.78. The van der Waals surface area contributed by atoms with Crippen LogP contribution >= 0.6 is 0 Å². The number of fused-ring (bicyclic) bond motifs is 1. The van der Waals surface area contributed by atoms with Crippen LogP contribution in [-0.4, -0.2) is 34.1 Å². The van der Waals surface area contributed by atoms with Crippen LogP contribution in [0.25, 0.3) is 10.9 Å². The number of hydrogen-bond acceptors (Lipinski definition) is 4. The molecule has 1 saturated heterocycles. The Morgan fingerprint density at radius 2 is 1.92 bits per heavy atom. The highest BCUT2D eigenvalue weighted by molar-refractivity contribution is 5.77. The van der Waals surface area contributed by atoms with Gasteiger partial charge in [-0.3, -0.25) is 9.69 Å². The zero-order valence-electron chi connectivity index (χ0n) is 14.2. The van der Waals surface area contributed by atoms with Crippen molar-refractivity contribution < 1.29 is 4.74 Å². The molecule has 1 fully saturated rings. The van der Waals surface area contributed by atoms with E-state index in [2.05, 4.69) is 33.9 Å². The molecule has 1 aliphatic heterocycles. The summed E-state index contributed by atoms with van der Waals surface area (Å²) in [5, 5.41) is 0.626. The predicted octanol–water partition coefficient (Wildman–Crippen LogP) is 2.89. The van der Waals surface area contributed by atoms with E-state index in [1.807, 2.05) is 36.4 Å². The van der Waals surface area contributed by atoms with Crippen molar-refractivity contribution >= 4 is 10.9 Å². The molecule has 3 aromatic rings. The summed E-state index contributed by atoms with van der Waals surface area (Å²) in [6, 6.07) is 17.9. The van der Waals surface area contributed by atoms with Gasteiger partial charge in [-0.1, -0.05) is 42.5 Å². The van der Waals surface area contributed by atoms with Crippen LogP contribution in [0.2, 0.25) is 0 Å². The molecule has 1 aliphatic rings. The molecular formula is C20H21N3O2. The molecule has 0 bridgehead atoms. The van der Waals surface area contributed by atoms with Gasteiger partial charge in [0, 0.05) is 6.54 Å². The molecule has 0 spiro atoms. The van der Waals surface area contributed by atoms with E-state index in [4.69, 9.17) is 4.74 Å². The monoisotopic (exact) mass is 335 g/mol. The first-order valence-electron chi connectivity index (χ1n) is 8.59. The highest BCUT2D eigenvalue weighted by Crippen LogP contribution is 2.27. The number of ether oxygens (including phenoxy) is 1. The fourth-order valence-electron chi connectivity index (χ4n) is 3.43. The van der Waals surface area contributed by atoms with Crippen LogP contribution in [0.5, 0.6) is 0 Å². The van der Waals surface area contributed by atoms with Gasteiger partial charge in [0.25, 0.3) is 5.56 Å².